The van der Waals surface area contributed by atoms with Crippen molar-refractivity contribution in [1.29, 1.82) is 0 Å². The van der Waals surface area contributed by atoms with Gasteiger partial charge in [0.2, 0.25) is 5.91 Å². The number of esters is 1. The molecule has 218 valence electrons. The van der Waals surface area contributed by atoms with Gasteiger partial charge in [0.15, 0.2) is 5.82 Å². The molecule has 2 aromatic heterocycles. The number of rotatable bonds is 10. The fourth-order valence-corrected chi connectivity index (χ4v) is 7.33. The predicted molar refractivity (Wildman–Crippen MR) is 162 cm³/mol. The molecule has 43 heavy (non-hydrogen) atoms. The fourth-order valence-electron chi connectivity index (χ4n) is 4.76. The second-order valence-corrected chi connectivity index (χ2v) is 11.9. The molecule has 1 fully saturated rings. The van der Waals surface area contributed by atoms with Gasteiger partial charge in [-0.2, -0.15) is 5.10 Å². The van der Waals surface area contributed by atoms with Gasteiger partial charge >= 0.3 is 5.97 Å². The molecular weight excluding hydrogens is 587 g/mol. The number of β-lactam (4-membered cyclic amide) rings is 1. The van der Waals surface area contributed by atoms with Crippen LogP contribution in [0, 0.1) is 0 Å². The number of nitrogens with one attached hydrogen (secondary N) is 1. The van der Waals surface area contributed by atoms with Crippen LogP contribution in [0.25, 0.3) is 5.82 Å². The van der Waals surface area contributed by atoms with Crippen molar-refractivity contribution in [2.45, 2.75) is 29.3 Å². The second-order valence-electron chi connectivity index (χ2n) is 9.69. The van der Waals surface area contributed by atoms with Crippen molar-refractivity contribution in [3.05, 3.63) is 113 Å². The monoisotopic (exact) mass is 613 g/mol. The summed E-state index contributed by atoms with van der Waals surface area (Å²) in [6.45, 7) is 0.0206. The number of pyridine rings is 1. The number of methoxy groups -OCH3 is 1. The minimum absolute atomic E-state index is 0.0206. The summed E-state index contributed by atoms with van der Waals surface area (Å²) in [6, 6.07) is 21.3. The smallest absolute Gasteiger partial charge is 0.356 e. The van der Waals surface area contributed by atoms with Gasteiger partial charge in [-0.3, -0.25) is 14.5 Å². The quantitative estimate of drug-likeness (QED) is 0.210. The summed E-state index contributed by atoms with van der Waals surface area (Å²) < 4.78 is 12.6. The molecule has 0 aliphatic carbocycles. The van der Waals surface area contributed by atoms with E-state index in [4.69, 9.17) is 9.47 Å². The summed E-state index contributed by atoms with van der Waals surface area (Å²) in [5, 5.41) is 6.74. The van der Waals surface area contributed by atoms with E-state index in [0.717, 1.165) is 16.0 Å². The van der Waals surface area contributed by atoms with Crippen molar-refractivity contribution >= 4 is 41.3 Å². The average molecular weight is 614 g/mol. The lowest BCUT2D eigenvalue weighted by molar-refractivity contribution is -0.153. The largest absolute Gasteiger partial charge is 0.497 e. The topological polar surface area (TPSA) is 116 Å². The van der Waals surface area contributed by atoms with E-state index < -0.39 is 17.4 Å². The number of carbonyl (C=O) groups excluding carboxylic acids is 3. The van der Waals surface area contributed by atoms with Crippen LogP contribution >= 0.6 is 23.5 Å². The van der Waals surface area contributed by atoms with Crippen LogP contribution < -0.4 is 10.1 Å². The van der Waals surface area contributed by atoms with Crippen LogP contribution in [0.3, 0.4) is 0 Å². The molecule has 0 bridgehead atoms. The maximum absolute atomic E-state index is 13.7. The molecule has 6 rings (SSSR count). The van der Waals surface area contributed by atoms with E-state index >= 15 is 0 Å². The molecule has 4 aromatic rings. The van der Waals surface area contributed by atoms with E-state index in [1.165, 1.54) is 28.4 Å². The molecule has 1 N–H and O–H groups in total. The Kier molecular flexibility index (Phi) is 8.47. The zero-order valence-corrected chi connectivity index (χ0v) is 24.7. The highest BCUT2D eigenvalue weighted by Gasteiger charge is 2.54. The number of hydrogen-bond acceptors (Lipinski definition) is 9. The molecule has 0 radical (unpaired) electrons. The first-order chi connectivity index (χ1) is 21.0. The Morgan fingerprint density at radius 2 is 1.84 bits per heavy atom. The Hall–Kier alpha value is -4.55. The van der Waals surface area contributed by atoms with Crippen LogP contribution in [0.1, 0.15) is 11.1 Å². The number of hydrogen-bond donors (Lipinski definition) is 1. The van der Waals surface area contributed by atoms with Gasteiger partial charge in [-0.05, 0) is 41.5 Å². The Morgan fingerprint density at radius 1 is 1.02 bits per heavy atom. The van der Waals surface area contributed by atoms with Crippen molar-refractivity contribution in [2.24, 2.45) is 0 Å². The summed E-state index contributed by atoms with van der Waals surface area (Å²) >= 11 is 2.84. The molecule has 2 aliphatic rings. The molecule has 10 nitrogen and oxygen atoms in total. The number of benzene rings is 2. The lowest BCUT2D eigenvalue weighted by atomic mass is 10.0. The second kappa shape index (κ2) is 12.8. The highest BCUT2D eigenvalue weighted by atomic mass is 32.2. The zero-order chi connectivity index (χ0) is 29.8. The first-order valence-corrected chi connectivity index (χ1v) is 15.3. The molecule has 4 heterocycles. The minimum atomic E-state index is -0.741. The van der Waals surface area contributed by atoms with Crippen LogP contribution in [0.5, 0.6) is 5.75 Å². The molecule has 1 saturated heterocycles. The Labute approximate surface area is 256 Å². The van der Waals surface area contributed by atoms with Crippen molar-refractivity contribution in [1.82, 2.24) is 25.0 Å². The van der Waals surface area contributed by atoms with Gasteiger partial charge in [0.1, 0.15) is 29.5 Å². The number of carbonyl (C=O) groups is 3. The lowest BCUT2D eigenvalue weighted by Gasteiger charge is -2.49. The van der Waals surface area contributed by atoms with Crippen molar-refractivity contribution in [2.75, 3.05) is 12.9 Å². The molecule has 12 heteroatoms. The highest BCUT2D eigenvalue weighted by molar-refractivity contribution is 8.06. The van der Waals surface area contributed by atoms with Gasteiger partial charge in [-0.25, -0.2) is 14.5 Å². The average Bonchev–Trinajstić information content (AvgIpc) is 3.58. The van der Waals surface area contributed by atoms with Gasteiger partial charge in [-0.1, -0.05) is 54.2 Å². The number of aromatic nitrogens is 3. The minimum Gasteiger partial charge on any atom is -0.497 e. The molecule has 2 aromatic carbocycles. The number of thioether (sulfide) groups is 2. The van der Waals surface area contributed by atoms with Gasteiger partial charge in [0, 0.05) is 29.2 Å². The SMILES string of the molecule is COc1ccc(COC(=O)C2=C(Sc3cccnc3-n3cccn3)CS[C@@H]3[C@H](NC(=O)Cc4ccccc4)C(=O)N23)cc1. The predicted octanol–water partition coefficient (Wildman–Crippen LogP) is 3.97. The summed E-state index contributed by atoms with van der Waals surface area (Å²) in [4.78, 5) is 47.3. The third kappa shape index (κ3) is 6.15. The first kappa shape index (κ1) is 28.6. The highest BCUT2D eigenvalue weighted by Crippen LogP contribution is 2.46. The Balaban J connectivity index is 1.25. The molecule has 2 atom stereocenters. The maximum atomic E-state index is 13.7. The van der Waals surface area contributed by atoms with E-state index in [9.17, 15) is 14.4 Å². The van der Waals surface area contributed by atoms with Crippen LogP contribution in [0.15, 0.2) is 107 Å². The molecule has 2 amide bonds. The summed E-state index contributed by atoms with van der Waals surface area (Å²) in [7, 11) is 1.58. The van der Waals surface area contributed by atoms with Crippen molar-refractivity contribution in [3.8, 4) is 11.6 Å². The zero-order valence-electron chi connectivity index (χ0n) is 23.1. The van der Waals surface area contributed by atoms with E-state index in [1.54, 1.807) is 48.6 Å². The van der Waals surface area contributed by atoms with Crippen LogP contribution in [0.2, 0.25) is 0 Å². The first-order valence-electron chi connectivity index (χ1n) is 13.5. The van der Waals surface area contributed by atoms with Crippen molar-refractivity contribution in [3.63, 3.8) is 0 Å². The standard InChI is InChI=1S/C31H27N5O5S2/c1-40-22-12-10-21(11-13-22)18-41-31(39)27-24(43-23-9-5-14-32-28(23)35-16-6-15-33-35)19-42-30-26(29(38)36(27)30)34-25(37)17-20-7-3-2-4-8-20/h2-16,26,30H,17-19H2,1H3,(H,34,37)/t26-,30-/m1/s1. The van der Waals surface area contributed by atoms with Crippen LogP contribution in [0.4, 0.5) is 0 Å². The van der Waals surface area contributed by atoms with E-state index in [1.807, 2.05) is 54.6 Å². The summed E-state index contributed by atoms with van der Waals surface area (Å²) in [5.74, 6) is 0.507. The fraction of sp³-hybridized carbons (Fsp3) is 0.194. The van der Waals surface area contributed by atoms with Gasteiger partial charge in [0.05, 0.1) is 18.4 Å². The molecule has 0 saturated carbocycles. The maximum Gasteiger partial charge on any atom is 0.356 e. The van der Waals surface area contributed by atoms with Crippen LogP contribution in [-0.2, 0) is 32.1 Å². The summed E-state index contributed by atoms with van der Waals surface area (Å²) in [6.07, 6.45) is 5.29. The van der Waals surface area contributed by atoms with Gasteiger partial charge in [-0.15, -0.1) is 11.8 Å². The van der Waals surface area contributed by atoms with Gasteiger partial charge in [0.25, 0.3) is 5.91 Å². The van der Waals surface area contributed by atoms with Gasteiger partial charge < -0.3 is 14.8 Å². The number of amides is 2. The Morgan fingerprint density at radius 3 is 2.58 bits per heavy atom. The molecule has 2 aliphatic heterocycles. The van der Waals surface area contributed by atoms with Crippen LogP contribution in [-0.4, -0.2) is 61.7 Å². The van der Waals surface area contributed by atoms with E-state index in [-0.39, 0.29) is 30.5 Å². The summed E-state index contributed by atoms with van der Waals surface area (Å²) in [5.41, 5.74) is 1.81. The number of ether oxygens (including phenoxy) is 2. The lowest BCUT2D eigenvalue weighted by Crippen LogP contribution is -2.70. The molecule has 0 unspecified atom stereocenters. The number of nitrogens with zero attached hydrogens (tertiary/aromatic N) is 4. The van der Waals surface area contributed by atoms with E-state index in [2.05, 4.69) is 15.4 Å². The number of fused-ring (bicyclic) bond motifs is 1. The Bertz CT molecular complexity index is 1660. The molecular formula is C31H27N5O5S2. The normalized spacial score (nSPS) is 17.6. The molecule has 0 spiro atoms. The third-order valence-corrected chi connectivity index (χ3v) is 9.47. The van der Waals surface area contributed by atoms with Crippen molar-refractivity contribution < 1.29 is 23.9 Å². The third-order valence-electron chi connectivity index (χ3n) is 6.89. The van der Waals surface area contributed by atoms with E-state index in [0.29, 0.717) is 22.2 Å².